The molecule has 2 aliphatic heterocycles. The Balaban J connectivity index is 1.32. The minimum absolute atomic E-state index is 0.0927. The maximum atomic E-state index is 12.6. The summed E-state index contributed by atoms with van der Waals surface area (Å²) in [5.41, 5.74) is 10.6. The fourth-order valence-electron chi connectivity index (χ4n) is 5.20. The minimum atomic E-state index is 0.0927. The molecule has 3 aliphatic rings. The third kappa shape index (κ3) is 3.16. The summed E-state index contributed by atoms with van der Waals surface area (Å²) in [5, 5.41) is 3.23. The van der Waals surface area contributed by atoms with Crippen LogP contribution >= 0.6 is 0 Å². The fraction of sp³-hybridized carbons (Fsp3) is 0.455. The second-order valence-electron chi connectivity index (χ2n) is 8.29. The predicted molar refractivity (Wildman–Crippen MR) is 107 cm³/mol. The molecule has 1 aromatic carbocycles. The molecular formula is C22H27N5O. The summed E-state index contributed by atoms with van der Waals surface area (Å²) in [6.07, 6.45) is 4.76. The molecule has 5 unspecified atom stereocenters. The number of rotatable bonds is 4. The number of hydrogen-bond donors (Lipinski definition) is 3. The van der Waals surface area contributed by atoms with Crippen molar-refractivity contribution in [1.82, 2.24) is 26.1 Å². The Morgan fingerprint density at radius 2 is 1.96 bits per heavy atom. The van der Waals surface area contributed by atoms with Gasteiger partial charge >= 0.3 is 6.03 Å². The molecular weight excluding hydrogens is 350 g/mol. The first-order valence-corrected chi connectivity index (χ1v) is 10.2. The normalized spacial score (nSPS) is 31.4. The lowest BCUT2D eigenvalue weighted by atomic mass is 9.75. The highest BCUT2D eigenvalue weighted by Crippen LogP contribution is 2.41. The zero-order valence-electron chi connectivity index (χ0n) is 16.1. The standard InChI is InChI=1S/C22H27N5O/c1-14-11-16(7-9-23-14)21-17-12-20-19(13-18(17)25-26-21)24-22(28)27(20)10-8-15-5-3-2-4-6-15/h2-7,9,11,17-21,25-26H,8,10,12-13H2,1H3,(H,24,28). The van der Waals surface area contributed by atoms with Gasteiger partial charge < -0.3 is 10.2 Å². The van der Waals surface area contributed by atoms with Gasteiger partial charge in [0, 0.05) is 24.5 Å². The van der Waals surface area contributed by atoms with Gasteiger partial charge in [0.1, 0.15) is 0 Å². The van der Waals surface area contributed by atoms with E-state index in [0.29, 0.717) is 12.0 Å². The molecule has 2 saturated heterocycles. The van der Waals surface area contributed by atoms with Gasteiger partial charge in [0.15, 0.2) is 0 Å². The largest absolute Gasteiger partial charge is 0.333 e. The van der Waals surface area contributed by atoms with Crippen LogP contribution in [0, 0.1) is 12.8 Å². The van der Waals surface area contributed by atoms with Crippen LogP contribution in [0.25, 0.3) is 0 Å². The first-order chi connectivity index (χ1) is 13.7. The molecule has 5 atom stereocenters. The van der Waals surface area contributed by atoms with Crippen molar-refractivity contribution in [2.24, 2.45) is 5.92 Å². The molecule has 28 heavy (non-hydrogen) atoms. The molecule has 2 amide bonds. The number of amides is 2. The minimum Gasteiger partial charge on any atom is -0.333 e. The summed E-state index contributed by atoms with van der Waals surface area (Å²) >= 11 is 0. The molecule has 146 valence electrons. The molecule has 1 aliphatic carbocycles. The Morgan fingerprint density at radius 1 is 1.11 bits per heavy atom. The summed E-state index contributed by atoms with van der Waals surface area (Å²) in [6.45, 7) is 2.80. The molecule has 0 bridgehead atoms. The third-order valence-electron chi connectivity index (χ3n) is 6.59. The summed E-state index contributed by atoms with van der Waals surface area (Å²) in [7, 11) is 0. The Labute approximate surface area is 165 Å². The van der Waals surface area contributed by atoms with Crippen LogP contribution in [-0.4, -0.2) is 40.6 Å². The predicted octanol–water partition coefficient (Wildman–Crippen LogP) is 2.32. The van der Waals surface area contributed by atoms with Gasteiger partial charge in [-0.05, 0) is 55.4 Å². The van der Waals surface area contributed by atoms with Crippen LogP contribution in [0.15, 0.2) is 48.7 Å². The molecule has 3 fully saturated rings. The molecule has 1 saturated carbocycles. The van der Waals surface area contributed by atoms with Crippen LogP contribution in [0.3, 0.4) is 0 Å². The molecule has 6 heteroatoms. The van der Waals surface area contributed by atoms with Crippen LogP contribution in [-0.2, 0) is 6.42 Å². The van der Waals surface area contributed by atoms with E-state index in [9.17, 15) is 4.79 Å². The number of fused-ring (bicyclic) bond motifs is 2. The number of carbonyl (C=O) groups is 1. The molecule has 0 spiro atoms. The van der Waals surface area contributed by atoms with Crippen LogP contribution in [0.1, 0.15) is 35.7 Å². The van der Waals surface area contributed by atoms with Gasteiger partial charge in [-0.2, -0.15) is 0 Å². The van der Waals surface area contributed by atoms with E-state index in [1.54, 1.807) is 0 Å². The van der Waals surface area contributed by atoms with Gasteiger partial charge in [-0.3, -0.25) is 10.4 Å². The second-order valence-corrected chi connectivity index (χ2v) is 8.29. The van der Waals surface area contributed by atoms with Crippen molar-refractivity contribution in [3.63, 3.8) is 0 Å². The molecule has 1 aromatic heterocycles. The Morgan fingerprint density at radius 3 is 2.79 bits per heavy atom. The van der Waals surface area contributed by atoms with Crippen molar-refractivity contribution in [3.05, 3.63) is 65.5 Å². The zero-order chi connectivity index (χ0) is 19.1. The lowest BCUT2D eigenvalue weighted by molar-refractivity contribution is 0.160. The monoisotopic (exact) mass is 377 g/mol. The van der Waals surface area contributed by atoms with Gasteiger partial charge in [-0.1, -0.05) is 30.3 Å². The highest BCUT2D eigenvalue weighted by molar-refractivity contribution is 5.77. The average Bonchev–Trinajstić information content (AvgIpc) is 3.25. The molecule has 3 heterocycles. The maximum Gasteiger partial charge on any atom is 0.318 e. The van der Waals surface area contributed by atoms with Crippen LogP contribution in [0.2, 0.25) is 0 Å². The molecule has 5 rings (SSSR count). The van der Waals surface area contributed by atoms with Gasteiger partial charge in [0.2, 0.25) is 0 Å². The van der Waals surface area contributed by atoms with E-state index in [1.165, 1.54) is 11.1 Å². The number of hydrazine groups is 1. The fourth-order valence-corrected chi connectivity index (χ4v) is 5.20. The Kier molecular flexibility index (Phi) is 4.53. The average molecular weight is 377 g/mol. The lowest BCUT2D eigenvalue weighted by Gasteiger charge is -2.38. The topological polar surface area (TPSA) is 69.3 Å². The summed E-state index contributed by atoms with van der Waals surface area (Å²) in [4.78, 5) is 19.1. The number of nitrogens with one attached hydrogen (secondary N) is 3. The van der Waals surface area contributed by atoms with E-state index >= 15 is 0 Å². The molecule has 0 radical (unpaired) electrons. The highest BCUT2D eigenvalue weighted by atomic mass is 16.2. The van der Waals surface area contributed by atoms with E-state index in [1.807, 2.05) is 19.2 Å². The summed E-state index contributed by atoms with van der Waals surface area (Å²) in [6, 6.07) is 15.9. The maximum absolute atomic E-state index is 12.6. The van der Waals surface area contributed by atoms with Gasteiger partial charge in [-0.15, -0.1) is 0 Å². The van der Waals surface area contributed by atoms with Gasteiger partial charge in [-0.25, -0.2) is 10.2 Å². The van der Waals surface area contributed by atoms with Crippen molar-refractivity contribution >= 4 is 6.03 Å². The third-order valence-corrected chi connectivity index (χ3v) is 6.59. The summed E-state index contributed by atoms with van der Waals surface area (Å²) < 4.78 is 0. The van der Waals surface area contributed by atoms with E-state index in [-0.39, 0.29) is 24.2 Å². The van der Waals surface area contributed by atoms with Crippen molar-refractivity contribution in [1.29, 1.82) is 0 Å². The van der Waals surface area contributed by atoms with E-state index in [0.717, 1.165) is 31.5 Å². The van der Waals surface area contributed by atoms with E-state index < -0.39 is 0 Å². The first kappa shape index (κ1) is 17.6. The van der Waals surface area contributed by atoms with Gasteiger partial charge in [0.25, 0.3) is 0 Å². The van der Waals surface area contributed by atoms with Crippen LogP contribution < -0.4 is 16.2 Å². The van der Waals surface area contributed by atoms with Crippen LogP contribution in [0.5, 0.6) is 0 Å². The van der Waals surface area contributed by atoms with Gasteiger partial charge in [0.05, 0.1) is 18.1 Å². The molecule has 3 N–H and O–H groups in total. The first-order valence-electron chi connectivity index (χ1n) is 10.2. The van der Waals surface area contributed by atoms with Crippen molar-refractivity contribution < 1.29 is 4.79 Å². The second kappa shape index (κ2) is 7.18. The number of pyridine rings is 1. The number of urea groups is 1. The smallest absolute Gasteiger partial charge is 0.318 e. The number of aryl methyl sites for hydroxylation is 1. The van der Waals surface area contributed by atoms with Crippen molar-refractivity contribution in [3.8, 4) is 0 Å². The lowest BCUT2D eigenvalue weighted by Crippen LogP contribution is -2.49. The van der Waals surface area contributed by atoms with Crippen molar-refractivity contribution in [2.75, 3.05) is 6.54 Å². The Hall–Kier alpha value is -2.44. The Bertz CT molecular complexity index is 857. The number of aromatic nitrogens is 1. The summed E-state index contributed by atoms with van der Waals surface area (Å²) in [5.74, 6) is 0.468. The number of nitrogens with zero attached hydrogens (tertiary/aromatic N) is 2. The van der Waals surface area contributed by atoms with Crippen molar-refractivity contribution in [2.45, 2.75) is 50.4 Å². The SMILES string of the molecule is Cc1cc(C2NNC3CC4NC(=O)N(CCc5ccccc5)C4CC32)ccn1. The van der Waals surface area contributed by atoms with E-state index in [4.69, 9.17) is 0 Å². The van der Waals surface area contributed by atoms with E-state index in [2.05, 4.69) is 62.5 Å². The zero-order valence-corrected chi connectivity index (χ0v) is 16.1. The number of hydrogen-bond acceptors (Lipinski definition) is 4. The quantitative estimate of drug-likeness (QED) is 0.765. The van der Waals surface area contributed by atoms with Crippen LogP contribution in [0.4, 0.5) is 4.79 Å². The number of benzene rings is 1. The molecule has 2 aromatic rings. The molecule has 6 nitrogen and oxygen atoms in total. The highest BCUT2D eigenvalue weighted by Gasteiger charge is 2.50. The number of carbonyl (C=O) groups excluding carboxylic acids is 1.